The Kier molecular flexibility index (Phi) is 3.69. The van der Waals surface area contributed by atoms with Crippen molar-refractivity contribution in [3.05, 3.63) is 70.3 Å². The quantitative estimate of drug-likeness (QED) is 0.820. The van der Waals surface area contributed by atoms with Crippen LogP contribution in [0.25, 0.3) is 0 Å². The van der Waals surface area contributed by atoms with Gasteiger partial charge in [-0.2, -0.15) is 0 Å². The van der Waals surface area contributed by atoms with Crippen molar-refractivity contribution < 1.29 is 13.6 Å². The number of rotatable bonds is 2. The van der Waals surface area contributed by atoms with Crippen molar-refractivity contribution in [3.8, 4) is 0 Å². The molecule has 1 aliphatic rings. The molecule has 0 aliphatic heterocycles. The molecule has 0 saturated heterocycles. The summed E-state index contributed by atoms with van der Waals surface area (Å²) in [5.41, 5.74) is 2.52. The third-order valence-corrected chi connectivity index (χ3v) is 4.37. The van der Waals surface area contributed by atoms with Crippen LogP contribution in [-0.2, 0) is 6.42 Å². The normalized spacial score (nSPS) is 16.5. The Bertz CT molecular complexity index is 742. The molecule has 0 heterocycles. The molecule has 0 spiro atoms. The van der Waals surface area contributed by atoms with Gasteiger partial charge < -0.3 is 4.90 Å². The van der Waals surface area contributed by atoms with Gasteiger partial charge in [-0.05, 0) is 42.5 Å². The van der Waals surface area contributed by atoms with Gasteiger partial charge in [-0.15, -0.1) is 0 Å². The second-order valence-corrected chi connectivity index (χ2v) is 5.75. The van der Waals surface area contributed by atoms with Crippen LogP contribution in [0.5, 0.6) is 0 Å². The van der Waals surface area contributed by atoms with Crippen LogP contribution in [0.2, 0.25) is 0 Å². The maximum atomic E-state index is 13.9. The van der Waals surface area contributed by atoms with Crippen LogP contribution < -0.4 is 0 Å². The second-order valence-electron chi connectivity index (χ2n) is 5.75. The van der Waals surface area contributed by atoms with Crippen molar-refractivity contribution >= 4 is 5.91 Å². The lowest BCUT2D eigenvalue weighted by atomic mass is 10.0. The van der Waals surface area contributed by atoms with E-state index in [9.17, 15) is 13.6 Å². The Morgan fingerprint density at radius 3 is 2.68 bits per heavy atom. The Morgan fingerprint density at radius 2 is 1.91 bits per heavy atom. The van der Waals surface area contributed by atoms with Crippen molar-refractivity contribution in [1.29, 1.82) is 0 Å². The summed E-state index contributed by atoms with van der Waals surface area (Å²) < 4.78 is 27.3. The predicted octanol–water partition coefficient (Wildman–Crippen LogP) is 4.03. The third-order valence-electron chi connectivity index (χ3n) is 4.37. The van der Waals surface area contributed by atoms with Crippen LogP contribution in [-0.4, -0.2) is 17.9 Å². The van der Waals surface area contributed by atoms with Crippen LogP contribution in [0.1, 0.15) is 39.5 Å². The molecule has 0 bridgehead atoms. The van der Waals surface area contributed by atoms with Gasteiger partial charge in [0.25, 0.3) is 5.91 Å². The molecule has 0 N–H and O–H groups in total. The van der Waals surface area contributed by atoms with Crippen LogP contribution in [0.15, 0.2) is 36.4 Å². The summed E-state index contributed by atoms with van der Waals surface area (Å²) in [6.45, 7) is 1.52. The average molecular weight is 301 g/mol. The van der Waals surface area contributed by atoms with Gasteiger partial charge in [-0.1, -0.05) is 24.3 Å². The second kappa shape index (κ2) is 5.52. The lowest BCUT2D eigenvalue weighted by Crippen LogP contribution is -2.31. The summed E-state index contributed by atoms with van der Waals surface area (Å²) in [6, 6.07) is 9.97. The maximum absolute atomic E-state index is 13.9. The number of benzene rings is 2. The number of carbonyl (C=O) groups excluding carboxylic acids is 1. The molecule has 1 amide bonds. The molecular weight excluding hydrogens is 284 g/mol. The van der Waals surface area contributed by atoms with E-state index in [2.05, 4.69) is 6.07 Å². The van der Waals surface area contributed by atoms with Crippen LogP contribution in [0.4, 0.5) is 8.78 Å². The molecule has 22 heavy (non-hydrogen) atoms. The summed E-state index contributed by atoms with van der Waals surface area (Å²) in [5, 5.41) is 0. The molecule has 0 radical (unpaired) electrons. The number of amides is 1. The number of carbonyl (C=O) groups is 1. The molecule has 0 fully saturated rings. The number of halogens is 2. The summed E-state index contributed by atoms with van der Waals surface area (Å²) in [5.74, 6) is -1.86. The van der Waals surface area contributed by atoms with Crippen molar-refractivity contribution in [3.63, 3.8) is 0 Å². The van der Waals surface area contributed by atoms with Gasteiger partial charge in [0.1, 0.15) is 11.6 Å². The molecule has 2 aromatic rings. The Hall–Kier alpha value is -2.23. The van der Waals surface area contributed by atoms with E-state index in [0.29, 0.717) is 0 Å². The van der Waals surface area contributed by atoms with Gasteiger partial charge in [0.05, 0.1) is 11.6 Å². The van der Waals surface area contributed by atoms with Crippen LogP contribution in [0.3, 0.4) is 0 Å². The van der Waals surface area contributed by atoms with Gasteiger partial charge in [-0.3, -0.25) is 4.79 Å². The van der Waals surface area contributed by atoms with Crippen molar-refractivity contribution in [2.75, 3.05) is 7.05 Å². The van der Waals surface area contributed by atoms with E-state index in [1.807, 2.05) is 18.2 Å². The Balaban J connectivity index is 1.92. The minimum absolute atomic E-state index is 0.0616. The first-order valence-electron chi connectivity index (χ1n) is 7.29. The Morgan fingerprint density at radius 1 is 1.18 bits per heavy atom. The van der Waals surface area contributed by atoms with Gasteiger partial charge in [0.15, 0.2) is 0 Å². The van der Waals surface area contributed by atoms with Crippen LogP contribution >= 0.6 is 0 Å². The van der Waals surface area contributed by atoms with E-state index in [4.69, 9.17) is 0 Å². The zero-order valence-electron chi connectivity index (χ0n) is 12.6. The fourth-order valence-corrected chi connectivity index (χ4v) is 3.09. The number of fused-ring (bicyclic) bond motifs is 1. The minimum Gasteiger partial charge on any atom is -0.335 e. The largest absolute Gasteiger partial charge is 0.335 e. The fraction of sp³-hybridized carbons (Fsp3) is 0.278. The van der Waals surface area contributed by atoms with E-state index < -0.39 is 17.5 Å². The van der Waals surface area contributed by atoms with E-state index in [1.165, 1.54) is 18.6 Å². The number of aryl methyl sites for hydroxylation is 2. The van der Waals surface area contributed by atoms with Crippen molar-refractivity contribution in [1.82, 2.24) is 4.90 Å². The van der Waals surface area contributed by atoms with Gasteiger partial charge in [-0.25, -0.2) is 8.78 Å². The number of hydrogen-bond donors (Lipinski definition) is 0. The summed E-state index contributed by atoms with van der Waals surface area (Å²) in [7, 11) is 1.67. The van der Waals surface area contributed by atoms with E-state index in [0.717, 1.165) is 24.5 Å². The lowest BCUT2D eigenvalue weighted by Gasteiger charge is -2.26. The van der Waals surface area contributed by atoms with Crippen LogP contribution in [0, 0.1) is 18.6 Å². The van der Waals surface area contributed by atoms with Crippen molar-refractivity contribution in [2.24, 2.45) is 0 Å². The predicted molar refractivity (Wildman–Crippen MR) is 80.7 cm³/mol. The molecule has 1 unspecified atom stereocenters. The molecule has 1 aliphatic carbocycles. The standard InChI is InChI=1S/C18H17F2NO/c1-11-9-14(16(20)10-15(11)19)18(22)21(2)17-8-7-12-5-3-4-6-13(12)17/h3-6,9-10,17H,7-8H2,1-2H3. The Labute approximate surface area is 128 Å². The molecule has 114 valence electrons. The molecule has 1 atom stereocenters. The summed E-state index contributed by atoms with van der Waals surface area (Å²) in [4.78, 5) is 14.1. The first kappa shape index (κ1) is 14.7. The zero-order valence-corrected chi connectivity index (χ0v) is 12.6. The van der Waals surface area contributed by atoms with Gasteiger partial charge >= 0.3 is 0 Å². The SMILES string of the molecule is Cc1cc(C(=O)N(C)C2CCc3ccccc32)c(F)cc1F. The van der Waals surface area contributed by atoms with Gasteiger partial charge in [0.2, 0.25) is 0 Å². The van der Waals surface area contributed by atoms with E-state index >= 15 is 0 Å². The smallest absolute Gasteiger partial charge is 0.257 e. The number of nitrogens with zero attached hydrogens (tertiary/aromatic N) is 1. The lowest BCUT2D eigenvalue weighted by molar-refractivity contribution is 0.0725. The highest BCUT2D eigenvalue weighted by Crippen LogP contribution is 2.35. The topological polar surface area (TPSA) is 20.3 Å². The molecule has 0 aromatic heterocycles. The highest BCUT2D eigenvalue weighted by Gasteiger charge is 2.30. The molecule has 3 rings (SSSR count). The molecule has 0 saturated carbocycles. The molecule has 4 heteroatoms. The van der Waals surface area contributed by atoms with E-state index in [-0.39, 0.29) is 17.2 Å². The average Bonchev–Trinajstić information content (AvgIpc) is 2.93. The van der Waals surface area contributed by atoms with Crippen molar-refractivity contribution in [2.45, 2.75) is 25.8 Å². The third kappa shape index (κ3) is 2.39. The first-order valence-corrected chi connectivity index (χ1v) is 7.29. The minimum atomic E-state index is -0.814. The molecule has 2 nitrogen and oxygen atoms in total. The monoisotopic (exact) mass is 301 g/mol. The molecular formula is C18H17F2NO. The van der Waals surface area contributed by atoms with E-state index in [1.54, 1.807) is 11.9 Å². The highest BCUT2D eigenvalue weighted by atomic mass is 19.1. The summed E-state index contributed by atoms with van der Waals surface area (Å²) >= 11 is 0. The fourth-order valence-electron chi connectivity index (χ4n) is 3.09. The molecule has 2 aromatic carbocycles. The first-order chi connectivity index (χ1) is 10.5. The maximum Gasteiger partial charge on any atom is 0.257 e. The summed E-state index contributed by atoms with van der Waals surface area (Å²) in [6.07, 6.45) is 1.73. The number of hydrogen-bond acceptors (Lipinski definition) is 1. The highest BCUT2D eigenvalue weighted by molar-refractivity contribution is 5.95. The zero-order chi connectivity index (χ0) is 15.9. The van der Waals surface area contributed by atoms with Gasteiger partial charge in [0, 0.05) is 13.1 Å².